The van der Waals surface area contributed by atoms with E-state index in [9.17, 15) is 0 Å². The van der Waals surface area contributed by atoms with E-state index in [-0.39, 0.29) is 0 Å². The fourth-order valence-electron chi connectivity index (χ4n) is 2.19. The molecular weight excluding hydrogens is 200 g/mol. The highest BCUT2D eigenvalue weighted by atomic mass is 15.1. The topological polar surface area (TPSA) is 53.6 Å². The SMILES string of the molecule is Cc1ccnc(-c2cn[nH]c2)c1C1CNC1. The molecule has 0 aromatic carbocycles. The van der Waals surface area contributed by atoms with Crippen LogP contribution < -0.4 is 5.32 Å². The highest BCUT2D eigenvalue weighted by Crippen LogP contribution is 2.31. The Bertz CT molecular complexity index is 486. The molecule has 1 aliphatic rings. The van der Waals surface area contributed by atoms with Gasteiger partial charge in [0.1, 0.15) is 0 Å². The zero-order valence-corrected chi connectivity index (χ0v) is 9.20. The van der Waals surface area contributed by atoms with Gasteiger partial charge < -0.3 is 5.32 Å². The van der Waals surface area contributed by atoms with Gasteiger partial charge in [-0.1, -0.05) is 0 Å². The standard InChI is InChI=1S/C12H14N4/c1-8-2-3-14-12(10-6-15-16-7-10)11(8)9-4-13-5-9/h2-3,6-7,9,13H,4-5H2,1H3,(H,15,16). The summed E-state index contributed by atoms with van der Waals surface area (Å²) in [6.07, 6.45) is 5.60. The van der Waals surface area contributed by atoms with Crippen molar-refractivity contribution in [3.63, 3.8) is 0 Å². The van der Waals surface area contributed by atoms with E-state index >= 15 is 0 Å². The van der Waals surface area contributed by atoms with Gasteiger partial charge in [-0.25, -0.2) is 0 Å². The average molecular weight is 214 g/mol. The molecule has 1 aliphatic heterocycles. The molecule has 2 aromatic rings. The van der Waals surface area contributed by atoms with Gasteiger partial charge >= 0.3 is 0 Å². The molecule has 4 nitrogen and oxygen atoms in total. The van der Waals surface area contributed by atoms with Crippen LogP contribution in [-0.4, -0.2) is 28.3 Å². The maximum atomic E-state index is 4.50. The first kappa shape index (κ1) is 9.54. The molecule has 0 saturated carbocycles. The molecule has 1 fully saturated rings. The Morgan fingerprint density at radius 2 is 2.25 bits per heavy atom. The van der Waals surface area contributed by atoms with Crippen LogP contribution in [-0.2, 0) is 0 Å². The fourth-order valence-corrected chi connectivity index (χ4v) is 2.19. The van der Waals surface area contributed by atoms with Gasteiger partial charge in [0, 0.05) is 37.0 Å². The third-order valence-corrected chi connectivity index (χ3v) is 3.17. The number of rotatable bonds is 2. The zero-order chi connectivity index (χ0) is 11.0. The van der Waals surface area contributed by atoms with Crippen molar-refractivity contribution in [3.8, 4) is 11.3 Å². The van der Waals surface area contributed by atoms with E-state index in [4.69, 9.17) is 0 Å². The van der Waals surface area contributed by atoms with E-state index in [0.717, 1.165) is 24.3 Å². The highest BCUT2D eigenvalue weighted by molar-refractivity contribution is 5.64. The minimum absolute atomic E-state index is 0.596. The minimum Gasteiger partial charge on any atom is -0.315 e. The van der Waals surface area contributed by atoms with Crippen molar-refractivity contribution in [3.05, 3.63) is 35.8 Å². The van der Waals surface area contributed by atoms with Gasteiger partial charge in [-0.3, -0.25) is 10.1 Å². The molecule has 0 radical (unpaired) electrons. The van der Waals surface area contributed by atoms with Crippen LogP contribution in [0.5, 0.6) is 0 Å². The number of pyridine rings is 1. The van der Waals surface area contributed by atoms with Gasteiger partial charge in [0.25, 0.3) is 0 Å². The van der Waals surface area contributed by atoms with Crippen LogP contribution >= 0.6 is 0 Å². The molecule has 2 aromatic heterocycles. The maximum Gasteiger partial charge on any atom is 0.0771 e. The summed E-state index contributed by atoms with van der Waals surface area (Å²) in [4.78, 5) is 4.50. The zero-order valence-electron chi connectivity index (χ0n) is 9.20. The quantitative estimate of drug-likeness (QED) is 0.796. The highest BCUT2D eigenvalue weighted by Gasteiger charge is 2.24. The number of nitrogens with one attached hydrogen (secondary N) is 2. The molecular formula is C12H14N4. The Morgan fingerprint density at radius 1 is 1.38 bits per heavy atom. The van der Waals surface area contributed by atoms with Crippen molar-refractivity contribution in [2.24, 2.45) is 0 Å². The number of nitrogens with zero attached hydrogens (tertiary/aromatic N) is 2. The predicted octanol–water partition coefficient (Wildman–Crippen LogP) is 1.47. The maximum absolute atomic E-state index is 4.50. The van der Waals surface area contributed by atoms with Crippen LogP contribution in [0.2, 0.25) is 0 Å². The first-order chi connectivity index (χ1) is 7.86. The number of hydrogen-bond acceptors (Lipinski definition) is 3. The smallest absolute Gasteiger partial charge is 0.0771 e. The van der Waals surface area contributed by atoms with Crippen LogP contribution in [0.3, 0.4) is 0 Å². The fraction of sp³-hybridized carbons (Fsp3) is 0.333. The van der Waals surface area contributed by atoms with Gasteiger partial charge in [0.05, 0.1) is 11.9 Å². The van der Waals surface area contributed by atoms with E-state index in [1.165, 1.54) is 11.1 Å². The summed E-state index contributed by atoms with van der Waals surface area (Å²) in [5, 5.41) is 10.1. The van der Waals surface area contributed by atoms with Crippen molar-refractivity contribution in [1.29, 1.82) is 0 Å². The molecule has 0 bridgehead atoms. The lowest BCUT2D eigenvalue weighted by molar-refractivity contribution is 0.447. The number of aromatic amines is 1. The molecule has 16 heavy (non-hydrogen) atoms. The first-order valence-corrected chi connectivity index (χ1v) is 5.51. The lowest BCUT2D eigenvalue weighted by Crippen LogP contribution is -2.40. The summed E-state index contributed by atoms with van der Waals surface area (Å²) in [5.74, 6) is 0.596. The van der Waals surface area contributed by atoms with Crippen LogP contribution in [0.1, 0.15) is 17.0 Å². The first-order valence-electron chi connectivity index (χ1n) is 5.51. The summed E-state index contributed by atoms with van der Waals surface area (Å²) in [5.41, 5.74) is 4.83. The lowest BCUT2D eigenvalue weighted by atomic mass is 9.88. The normalized spacial score (nSPS) is 16.1. The number of hydrogen-bond donors (Lipinski definition) is 2. The number of H-pyrrole nitrogens is 1. The van der Waals surface area contributed by atoms with Crippen LogP contribution in [0.15, 0.2) is 24.7 Å². The molecule has 3 rings (SSSR count). The Labute approximate surface area is 94.1 Å². The third kappa shape index (κ3) is 1.42. The van der Waals surface area contributed by atoms with E-state index in [0.29, 0.717) is 5.92 Å². The van der Waals surface area contributed by atoms with E-state index in [2.05, 4.69) is 33.5 Å². The molecule has 0 aliphatic carbocycles. The number of aryl methyl sites for hydroxylation is 1. The van der Waals surface area contributed by atoms with E-state index in [1.807, 2.05) is 18.6 Å². The molecule has 3 heterocycles. The Kier molecular flexibility index (Phi) is 2.22. The Morgan fingerprint density at radius 3 is 2.88 bits per heavy atom. The van der Waals surface area contributed by atoms with Gasteiger partial charge in [-0.05, 0) is 24.1 Å². The molecule has 0 unspecified atom stereocenters. The summed E-state index contributed by atoms with van der Waals surface area (Å²) < 4.78 is 0. The van der Waals surface area contributed by atoms with Gasteiger partial charge in [0.15, 0.2) is 0 Å². The predicted molar refractivity (Wildman–Crippen MR) is 62.2 cm³/mol. The van der Waals surface area contributed by atoms with E-state index < -0.39 is 0 Å². The second-order valence-corrected chi connectivity index (χ2v) is 4.23. The number of aromatic nitrogens is 3. The Hall–Kier alpha value is -1.68. The summed E-state index contributed by atoms with van der Waals surface area (Å²) in [6, 6.07) is 2.08. The van der Waals surface area contributed by atoms with E-state index in [1.54, 1.807) is 0 Å². The summed E-state index contributed by atoms with van der Waals surface area (Å²) >= 11 is 0. The Balaban J connectivity index is 2.13. The molecule has 82 valence electrons. The molecule has 0 atom stereocenters. The van der Waals surface area contributed by atoms with Crippen LogP contribution in [0, 0.1) is 6.92 Å². The molecule has 0 amide bonds. The van der Waals surface area contributed by atoms with Gasteiger partial charge in [0.2, 0.25) is 0 Å². The summed E-state index contributed by atoms with van der Waals surface area (Å²) in [7, 11) is 0. The second kappa shape index (κ2) is 3.72. The minimum atomic E-state index is 0.596. The average Bonchev–Trinajstić information content (AvgIpc) is 2.71. The van der Waals surface area contributed by atoms with Crippen molar-refractivity contribution in [2.45, 2.75) is 12.8 Å². The second-order valence-electron chi connectivity index (χ2n) is 4.23. The molecule has 4 heteroatoms. The van der Waals surface area contributed by atoms with Crippen molar-refractivity contribution in [1.82, 2.24) is 20.5 Å². The summed E-state index contributed by atoms with van der Waals surface area (Å²) in [6.45, 7) is 4.26. The molecule has 0 spiro atoms. The van der Waals surface area contributed by atoms with Gasteiger partial charge in [-0.15, -0.1) is 0 Å². The van der Waals surface area contributed by atoms with Crippen molar-refractivity contribution < 1.29 is 0 Å². The van der Waals surface area contributed by atoms with Crippen LogP contribution in [0.25, 0.3) is 11.3 Å². The van der Waals surface area contributed by atoms with Crippen LogP contribution in [0.4, 0.5) is 0 Å². The van der Waals surface area contributed by atoms with Gasteiger partial charge in [-0.2, -0.15) is 5.10 Å². The monoisotopic (exact) mass is 214 g/mol. The van der Waals surface area contributed by atoms with Crippen molar-refractivity contribution in [2.75, 3.05) is 13.1 Å². The third-order valence-electron chi connectivity index (χ3n) is 3.17. The molecule has 2 N–H and O–H groups in total. The lowest BCUT2D eigenvalue weighted by Gasteiger charge is -2.30. The largest absolute Gasteiger partial charge is 0.315 e. The van der Waals surface area contributed by atoms with Crippen molar-refractivity contribution >= 4 is 0 Å². The molecule has 1 saturated heterocycles.